The van der Waals surface area contributed by atoms with E-state index in [1.165, 1.54) is 13.0 Å². The van der Waals surface area contributed by atoms with Crippen LogP contribution in [0.4, 0.5) is 0 Å². The first-order valence-corrected chi connectivity index (χ1v) is 10.1. The lowest BCUT2D eigenvalue weighted by molar-refractivity contribution is -0.140. The molecule has 160 valence electrons. The number of hydrogen-bond donors (Lipinski definition) is 1. The van der Waals surface area contributed by atoms with E-state index in [1.807, 2.05) is 31.2 Å². The zero-order chi connectivity index (χ0) is 22.7. The van der Waals surface area contributed by atoms with Gasteiger partial charge in [0.2, 0.25) is 0 Å². The maximum Gasteiger partial charge on any atom is 0.271 e. The summed E-state index contributed by atoms with van der Waals surface area (Å²) >= 11 is 0. The second-order valence-electron chi connectivity index (χ2n) is 7.63. The number of nitriles is 1. The van der Waals surface area contributed by atoms with Gasteiger partial charge in [-0.15, -0.1) is 0 Å². The number of carbonyl (C=O) groups is 3. The molecule has 0 radical (unpaired) electrons. The minimum atomic E-state index is -0.652. The molecule has 1 N–H and O–H groups in total. The Morgan fingerprint density at radius 1 is 1.32 bits per heavy atom. The molecule has 0 aromatic carbocycles. The van der Waals surface area contributed by atoms with Crippen molar-refractivity contribution in [2.45, 2.75) is 33.1 Å². The quantitative estimate of drug-likeness (QED) is 0.559. The van der Waals surface area contributed by atoms with E-state index in [1.54, 1.807) is 19.1 Å². The molecule has 31 heavy (non-hydrogen) atoms. The van der Waals surface area contributed by atoms with Crippen LogP contribution in [0.15, 0.2) is 57.1 Å². The molecule has 0 spiro atoms. The summed E-state index contributed by atoms with van der Waals surface area (Å²) in [5.41, 5.74) is 1.12. The SMILES string of the molecule is CC(=O)C1=CC=CC(c2ccc(/C=C3/C(=O)N(CCCO)C(=O)C(C#N)=C3C)o2)C1C. The molecule has 2 amide bonds. The third-order valence-corrected chi connectivity index (χ3v) is 5.66. The number of aliphatic hydroxyl groups is 1. The zero-order valence-corrected chi connectivity index (χ0v) is 17.7. The first kappa shape index (κ1) is 22.2. The van der Waals surface area contributed by atoms with E-state index in [2.05, 4.69) is 0 Å². The second kappa shape index (κ2) is 9.11. The number of amides is 2. The van der Waals surface area contributed by atoms with Gasteiger partial charge in [0.1, 0.15) is 23.2 Å². The van der Waals surface area contributed by atoms with Crippen molar-refractivity contribution in [1.29, 1.82) is 5.26 Å². The highest BCUT2D eigenvalue weighted by molar-refractivity contribution is 6.19. The topological polar surface area (TPSA) is 112 Å². The van der Waals surface area contributed by atoms with Crippen LogP contribution >= 0.6 is 0 Å². The van der Waals surface area contributed by atoms with Gasteiger partial charge in [0.25, 0.3) is 11.8 Å². The lowest BCUT2D eigenvalue weighted by Gasteiger charge is -2.27. The first-order valence-electron chi connectivity index (χ1n) is 10.1. The Morgan fingerprint density at radius 2 is 2.06 bits per heavy atom. The van der Waals surface area contributed by atoms with Gasteiger partial charge in [0.05, 0.1) is 0 Å². The summed E-state index contributed by atoms with van der Waals surface area (Å²) in [5, 5.41) is 18.5. The average molecular weight is 420 g/mol. The molecule has 2 atom stereocenters. The molecule has 2 unspecified atom stereocenters. The Morgan fingerprint density at radius 3 is 2.71 bits per heavy atom. The van der Waals surface area contributed by atoms with Crippen molar-refractivity contribution in [3.8, 4) is 6.07 Å². The maximum atomic E-state index is 12.9. The lowest BCUT2D eigenvalue weighted by atomic mass is 9.81. The average Bonchev–Trinajstić information content (AvgIpc) is 3.20. The molecule has 0 saturated carbocycles. The lowest BCUT2D eigenvalue weighted by Crippen LogP contribution is -2.43. The monoisotopic (exact) mass is 420 g/mol. The van der Waals surface area contributed by atoms with Gasteiger partial charge in [0.15, 0.2) is 5.78 Å². The van der Waals surface area contributed by atoms with Crippen molar-refractivity contribution in [3.63, 3.8) is 0 Å². The van der Waals surface area contributed by atoms with Gasteiger partial charge < -0.3 is 9.52 Å². The molecule has 3 rings (SSSR count). The van der Waals surface area contributed by atoms with Crippen LogP contribution in [0.1, 0.15) is 44.6 Å². The van der Waals surface area contributed by atoms with E-state index in [4.69, 9.17) is 9.52 Å². The summed E-state index contributed by atoms with van der Waals surface area (Å²) in [7, 11) is 0. The van der Waals surface area contributed by atoms with E-state index in [0.29, 0.717) is 17.1 Å². The minimum absolute atomic E-state index is 0.0148. The number of Topliss-reactive ketones (excluding diaryl/α,β-unsaturated/α-hetero) is 1. The Labute approximate surface area is 180 Å². The molecular weight excluding hydrogens is 396 g/mol. The normalized spacial score (nSPS) is 22.7. The summed E-state index contributed by atoms with van der Waals surface area (Å²) in [6.07, 6.45) is 7.36. The number of hydrogen-bond acceptors (Lipinski definition) is 6. The van der Waals surface area contributed by atoms with E-state index < -0.39 is 11.8 Å². The van der Waals surface area contributed by atoms with E-state index >= 15 is 0 Å². The summed E-state index contributed by atoms with van der Waals surface area (Å²) < 4.78 is 5.97. The Hall–Kier alpha value is -3.50. The highest BCUT2D eigenvalue weighted by Gasteiger charge is 2.35. The van der Waals surface area contributed by atoms with Crippen molar-refractivity contribution in [3.05, 3.63) is 64.2 Å². The molecule has 2 aliphatic rings. The second-order valence-corrected chi connectivity index (χ2v) is 7.63. The number of rotatable bonds is 6. The minimum Gasteiger partial charge on any atom is -0.461 e. The van der Waals surface area contributed by atoms with Crippen LogP contribution < -0.4 is 0 Å². The van der Waals surface area contributed by atoms with Gasteiger partial charge in [-0.3, -0.25) is 19.3 Å². The summed E-state index contributed by atoms with van der Waals surface area (Å²) in [6.45, 7) is 4.91. The van der Waals surface area contributed by atoms with Crippen LogP contribution in [0.3, 0.4) is 0 Å². The molecule has 0 bridgehead atoms. The van der Waals surface area contributed by atoms with Crippen molar-refractivity contribution < 1.29 is 23.9 Å². The number of imide groups is 1. The third-order valence-electron chi connectivity index (χ3n) is 5.66. The van der Waals surface area contributed by atoms with Crippen molar-refractivity contribution in [1.82, 2.24) is 4.90 Å². The Bertz CT molecular complexity index is 1090. The maximum absolute atomic E-state index is 12.9. The fourth-order valence-corrected chi connectivity index (χ4v) is 3.90. The molecule has 2 heterocycles. The molecule has 1 aliphatic carbocycles. The summed E-state index contributed by atoms with van der Waals surface area (Å²) in [4.78, 5) is 38.2. The number of ketones is 1. The van der Waals surface area contributed by atoms with Gasteiger partial charge in [-0.25, -0.2) is 0 Å². The molecule has 0 fully saturated rings. The molecule has 7 heteroatoms. The fourth-order valence-electron chi connectivity index (χ4n) is 3.90. The van der Waals surface area contributed by atoms with Crippen LogP contribution in [-0.2, 0) is 14.4 Å². The fraction of sp³-hybridized carbons (Fsp3) is 0.333. The number of carbonyl (C=O) groups excluding carboxylic acids is 3. The summed E-state index contributed by atoms with van der Waals surface area (Å²) in [6, 6.07) is 5.40. The van der Waals surface area contributed by atoms with Gasteiger partial charge in [0, 0.05) is 24.6 Å². The van der Waals surface area contributed by atoms with Crippen LogP contribution in [0.25, 0.3) is 6.08 Å². The molecule has 1 aliphatic heterocycles. The van der Waals surface area contributed by atoms with E-state index in [0.717, 1.165) is 10.5 Å². The van der Waals surface area contributed by atoms with Gasteiger partial charge in [-0.2, -0.15) is 5.26 Å². The van der Waals surface area contributed by atoms with Crippen LogP contribution in [0.2, 0.25) is 0 Å². The number of aliphatic hydroxyl groups excluding tert-OH is 1. The highest BCUT2D eigenvalue weighted by atomic mass is 16.3. The third kappa shape index (κ3) is 4.21. The smallest absolute Gasteiger partial charge is 0.271 e. The first-order chi connectivity index (χ1) is 14.8. The van der Waals surface area contributed by atoms with E-state index in [-0.39, 0.29) is 48.3 Å². The number of allylic oxidation sites excluding steroid dienone is 4. The predicted octanol–water partition coefficient (Wildman–Crippen LogP) is 3.06. The zero-order valence-electron chi connectivity index (χ0n) is 17.7. The molecule has 1 aromatic heterocycles. The largest absolute Gasteiger partial charge is 0.461 e. The van der Waals surface area contributed by atoms with Crippen LogP contribution in [-0.4, -0.2) is 40.8 Å². The molecule has 7 nitrogen and oxygen atoms in total. The highest BCUT2D eigenvalue weighted by Crippen LogP contribution is 2.36. The van der Waals surface area contributed by atoms with Crippen LogP contribution in [0.5, 0.6) is 0 Å². The van der Waals surface area contributed by atoms with Gasteiger partial charge in [-0.1, -0.05) is 25.2 Å². The molecule has 0 saturated heterocycles. The Kier molecular flexibility index (Phi) is 6.52. The van der Waals surface area contributed by atoms with Crippen molar-refractivity contribution in [2.24, 2.45) is 5.92 Å². The molecule has 1 aromatic rings. The van der Waals surface area contributed by atoms with Crippen molar-refractivity contribution >= 4 is 23.7 Å². The summed E-state index contributed by atoms with van der Waals surface area (Å²) in [5.74, 6) is -0.273. The molecular formula is C24H24N2O5. The standard InChI is InChI=1S/C24H24N2O5/c1-14-18(16(3)28)6-4-7-19(14)22-9-8-17(31-22)12-20-15(2)21(13-25)24(30)26(23(20)29)10-5-11-27/h4,6-9,12,14,19,27H,5,10-11H2,1-3H3/b20-12+. The predicted molar refractivity (Wildman–Crippen MR) is 113 cm³/mol. The van der Waals surface area contributed by atoms with Gasteiger partial charge >= 0.3 is 0 Å². The van der Waals surface area contributed by atoms with Gasteiger partial charge in [-0.05, 0) is 55.5 Å². The Balaban J connectivity index is 1.95. The van der Waals surface area contributed by atoms with Crippen LogP contribution in [0, 0.1) is 17.2 Å². The number of nitrogens with zero attached hydrogens (tertiary/aromatic N) is 2. The van der Waals surface area contributed by atoms with Crippen molar-refractivity contribution in [2.75, 3.05) is 13.2 Å². The number of furan rings is 1. The van der Waals surface area contributed by atoms with E-state index in [9.17, 15) is 19.6 Å².